The molecule has 2 amide bonds. The third kappa shape index (κ3) is 5.54. The lowest BCUT2D eigenvalue weighted by Crippen LogP contribution is -2.40. The van der Waals surface area contributed by atoms with Crippen molar-refractivity contribution in [1.82, 2.24) is 10.6 Å². The van der Waals surface area contributed by atoms with Gasteiger partial charge in [-0.2, -0.15) is 0 Å². The van der Waals surface area contributed by atoms with Crippen molar-refractivity contribution in [3.8, 4) is 0 Å². The van der Waals surface area contributed by atoms with Crippen LogP contribution in [0.1, 0.15) is 35.3 Å². The van der Waals surface area contributed by atoms with Gasteiger partial charge in [0.05, 0.1) is 6.54 Å². The summed E-state index contributed by atoms with van der Waals surface area (Å²) in [5, 5.41) is 5.45. The maximum absolute atomic E-state index is 12.4. The summed E-state index contributed by atoms with van der Waals surface area (Å²) in [6, 6.07) is 17.8. The fourth-order valence-electron chi connectivity index (χ4n) is 2.51. The van der Waals surface area contributed by atoms with Crippen molar-refractivity contribution in [2.24, 2.45) is 0 Å². The number of hydrogen-bond donors (Lipinski definition) is 2. The Kier molecular flexibility index (Phi) is 6.55. The van der Waals surface area contributed by atoms with Gasteiger partial charge in [-0.3, -0.25) is 9.59 Å². The van der Waals surface area contributed by atoms with E-state index in [2.05, 4.69) is 22.8 Å². The van der Waals surface area contributed by atoms with Crippen LogP contribution >= 0.6 is 0 Å². The topological polar surface area (TPSA) is 58.2 Å². The third-order valence-corrected chi connectivity index (χ3v) is 3.65. The second-order valence-electron chi connectivity index (χ2n) is 6.05. The summed E-state index contributed by atoms with van der Waals surface area (Å²) >= 11 is 0. The minimum absolute atomic E-state index is 0.00989. The summed E-state index contributed by atoms with van der Waals surface area (Å²) in [6.07, 6.45) is 1.66. The molecule has 0 unspecified atom stereocenters. The molecule has 2 rings (SSSR count). The zero-order chi connectivity index (χ0) is 17.4. The van der Waals surface area contributed by atoms with Crippen LogP contribution in [0, 0.1) is 0 Å². The first-order valence-corrected chi connectivity index (χ1v) is 8.25. The van der Waals surface area contributed by atoms with Gasteiger partial charge in [0.15, 0.2) is 0 Å². The number of rotatable bonds is 7. The van der Waals surface area contributed by atoms with Gasteiger partial charge in [0, 0.05) is 11.6 Å². The van der Waals surface area contributed by atoms with Gasteiger partial charge in [0.25, 0.3) is 5.91 Å². The number of hydrogen-bond acceptors (Lipinski definition) is 2. The molecule has 0 fully saturated rings. The number of nitrogens with one attached hydrogen (secondary N) is 2. The maximum Gasteiger partial charge on any atom is 0.251 e. The summed E-state index contributed by atoms with van der Waals surface area (Å²) in [5.41, 5.74) is 2.86. The first-order valence-electron chi connectivity index (χ1n) is 8.25. The Morgan fingerprint density at radius 1 is 0.917 bits per heavy atom. The quantitative estimate of drug-likeness (QED) is 0.823. The largest absolute Gasteiger partial charge is 0.352 e. The maximum atomic E-state index is 12.4. The summed E-state index contributed by atoms with van der Waals surface area (Å²) < 4.78 is 0. The van der Waals surface area contributed by atoms with Gasteiger partial charge in [0.1, 0.15) is 0 Å². The lowest BCUT2D eigenvalue weighted by Gasteiger charge is -2.12. The fourth-order valence-corrected chi connectivity index (χ4v) is 2.51. The van der Waals surface area contributed by atoms with Gasteiger partial charge >= 0.3 is 0 Å². The lowest BCUT2D eigenvalue weighted by atomic mass is 9.99. The normalized spacial score (nSPS) is 10.5. The van der Waals surface area contributed by atoms with Crippen LogP contribution < -0.4 is 10.6 Å². The Morgan fingerprint density at radius 2 is 1.58 bits per heavy atom. The number of carbonyl (C=O) groups is 2. The smallest absolute Gasteiger partial charge is 0.251 e. The van der Waals surface area contributed by atoms with E-state index in [4.69, 9.17) is 0 Å². The van der Waals surface area contributed by atoms with Gasteiger partial charge in [-0.05, 0) is 43.9 Å². The highest BCUT2D eigenvalue weighted by atomic mass is 16.2. The zero-order valence-electron chi connectivity index (χ0n) is 14.2. The Labute approximate surface area is 143 Å². The third-order valence-electron chi connectivity index (χ3n) is 3.65. The molecule has 0 atom stereocenters. The molecule has 4 heteroatoms. The molecule has 0 radical (unpaired) electrons. The summed E-state index contributed by atoms with van der Waals surface area (Å²) in [6.45, 7) is 3.77. The van der Waals surface area contributed by atoms with E-state index in [0.29, 0.717) is 5.56 Å². The molecule has 0 heterocycles. The van der Waals surface area contributed by atoms with E-state index in [1.54, 1.807) is 6.07 Å². The molecule has 0 bridgehead atoms. The highest BCUT2D eigenvalue weighted by Crippen LogP contribution is 2.12. The molecule has 2 aromatic carbocycles. The SMILES string of the molecule is CC(C)NC(=O)CNC(=O)c1ccccc1CCc1ccccc1. The second kappa shape index (κ2) is 8.87. The predicted molar refractivity (Wildman–Crippen MR) is 95.9 cm³/mol. The zero-order valence-corrected chi connectivity index (χ0v) is 14.2. The van der Waals surface area contributed by atoms with Crippen LogP contribution in [0.15, 0.2) is 54.6 Å². The van der Waals surface area contributed by atoms with Gasteiger partial charge in [-0.15, -0.1) is 0 Å². The first-order chi connectivity index (χ1) is 11.6. The molecule has 0 aliphatic rings. The number of carbonyl (C=O) groups excluding carboxylic acids is 2. The molecular formula is C20H24N2O2. The van der Waals surface area contributed by atoms with Crippen LogP contribution in [-0.2, 0) is 17.6 Å². The van der Waals surface area contributed by atoms with Crippen LogP contribution in [-0.4, -0.2) is 24.4 Å². The highest BCUT2D eigenvalue weighted by molar-refractivity contribution is 5.97. The average molecular weight is 324 g/mol. The van der Waals surface area contributed by atoms with Crippen molar-refractivity contribution in [2.45, 2.75) is 32.7 Å². The molecule has 0 saturated carbocycles. The minimum Gasteiger partial charge on any atom is -0.352 e. The van der Waals surface area contributed by atoms with Gasteiger partial charge in [-0.25, -0.2) is 0 Å². The van der Waals surface area contributed by atoms with E-state index in [-0.39, 0.29) is 24.4 Å². The summed E-state index contributed by atoms with van der Waals surface area (Å²) in [5.74, 6) is -0.391. The first kappa shape index (κ1) is 17.7. The van der Waals surface area contributed by atoms with Crippen LogP contribution in [0.25, 0.3) is 0 Å². The van der Waals surface area contributed by atoms with Gasteiger partial charge in [-0.1, -0.05) is 48.5 Å². The number of aryl methyl sites for hydroxylation is 2. The monoisotopic (exact) mass is 324 g/mol. The fraction of sp³-hybridized carbons (Fsp3) is 0.300. The van der Waals surface area contributed by atoms with Crippen LogP contribution in [0.5, 0.6) is 0 Å². The standard InChI is InChI=1S/C20H24N2O2/c1-15(2)22-19(23)14-21-20(24)18-11-7-6-10-17(18)13-12-16-8-4-3-5-9-16/h3-11,15H,12-14H2,1-2H3,(H,21,24)(H,22,23). The summed E-state index contributed by atoms with van der Waals surface area (Å²) in [4.78, 5) is 24.0. The Bertz CT molecular complexity index is 681. The highest BCUT2D eigenvalue weighted by Gasteiger charge is 2.12. The Balaban J connectivity index is 1.97. The Morgan fingerprint density at radius 3 is 2.29 bits per heavy atom. The van der Waals surface area contributed by atoms with E-state index in [0.717, 1.165) is 18.4 Å². The van der Waals surface area contributed by atoms with Crippen molar-refractivity contribution < 1.29 is 9.59 Å². The molecule has 2 aromatic rings. The van der Waals surface area contributed by atoms with Gasteiger partial charge in [0.2, 0.25) is 5.91 Å². The van der Waals surface area contributed by atoms with E-state index < -0.39 is 0 Å². The van der Waals surface area contributed by atoms with Crippen molar-refractivity contribution in [1.29, 1.82) is 0 Å². The lowest BCUT2D eigenvalue weighted by molar-refractivity contribution is -0.120. The van der Waals surface area contributed by atoms with Crippen molar-refractivity contribution in [3.63, 3.8) is 0 Å². The molecule has 126 valence electrons. The van der Waals surface area contributed by atoms with Crippen LogP contribution in [0.3, 0.4) is 0 Å². The molecule has 2 N–H and O–H groups in total. The van der Waals surface area contributed by atoms with E-state index in [1.807, 2.05) is 50.2 Å². The molecule has 0 spiro atoms. The predicted octanol–water partition coefficient (Wildman–Crippen LogP) is 2.73. The molecule has 4 nitrogen and oxygen atoms in total. The number of benzene rings is 2. The van der Waals surface area contributed by atoms with E-state index in [1.165, 1.54) is 5.56 Å². The molecule has 0 aromatic heterocycles. The van der Waals surface area contributed by atoms with Crippen LogP contribution in [0.4, 0.5) is 0 Å². The van der Waals surface area contributed by atoms with Crippen molar-refractivity contribution in [3.05, 3.63) is 71.3 Å². The average Bonchev–Trinajstić information content (AvgIpc) is 2.58. The molecule has 0 saturated heterocycles. The second-order valence-corrected chi connectivity index (χ2v) is 6.05. The van der Waals surface area contributed by atoms with E-state index >= 15 is 0 Å². The van der Waals surface area contributed by atoms with Crippen molar-refractivity contribution in [2.75, 3.05) is 6.54 Å². The van der Waals surface area contributed by atoms with Crippen molar-refractivity contribution >= 4 is 11.8 Å². The number of amides is 2. The van der Waals surface area contributed by atoms with Gasteiger partial charge < -0.3 is 10.6 Å². The Hall–Kier alpha value is -2.62. The molecule has 0 aliphatic heterocycles. The van der Waals surface area contributed by atoms with E-state index in [9.17, 15) is 9.59 Å². The van der Waals surface area contributed by atoms with Crippen LogP contribution in [0.2, 0.25) is 0 Å². The summed E-state index contributed by atoms with van der Waals surface area (Å²) in [7, 11) is 0. The minimum atomic E-state index is -0.211. The molecular weight excluding hydrogens is 300 g/mol. The molecule has 0 aliphatic carbocycles. The molecule has 24 heavy (non-hydrogen) atoms.